The molecule has 18 heavy (non-hydrogen) atoms. The Labute approximate surface area is 116 Å². The van der Waals surface area contributed by atoms with Crippen LogP contribution in [0.25, 0.3) is 0 Å². The second kappa shape index (κ2) is 5.61. The highest BCUT2D eigenvalue weighted by molar-refractivity contribution is 9.10. The largest absolute Gasteiger partial charge is 0.271 e. The summed E-state index contributed by atoms with van der Waals surface area (Å²) in [5.41, 5.74) is 7.36. The number of nitrogens with two attached hydrogens (primary N) is 1. The van der Waals surface area contributed by atoms with Gasteiger partial charge in [0, 0.05) is 10.7 Å². The summed E-state index contributed by atoms with van der Waals surface area (Å²) in [4.78, 5) is 4.39. The van der Waals surface area contributed by atoms with Gasteiger partial charge in [0.15, 0.2) is 0 Å². The van der Waals surface area contributed by atoms with Crippen molar-refractivity contribution in [3.05, 3.63) is 63.4 Å². The molecule has 4 heteroatoms. The van der Waals surface area contributed by atoms with Gasteiger partial charge in [-0.1, -0.05) is 18.2 Å². The Morgan fingerprint density at radius 2 is 2.00 bits per heavy atom. The molecule has 0 aliphatic carbocycles. The molecule has 2 aromatic rings. The van der Waals surface area contributed by atoms with Gasteiger partial charge in [-0.3, -0.25) is 10.8 Å². The molecule has 0 amide bonds. The average Bonchev–Trinajstić information content (AvgIpc) is 2.37. The average molecular weight is 306 g/mol. The van der Waals surface area contributed by atoms with E-state index < -0.39 is 0 Å². The van der Waals surface area contributed by atoms with Crippen LogP contribution < -0.4 is 11.3 Å². The van der Waals surface area contributed by atoms with Crippen molar-refractivity contribution in [2.75, 3.05) is 0 Å². The van der Waals surface area contributed by atoms with E-state index in [0.717, 1.165) is 15.7 Å². The molecule has 1 heterocycles. The lowest BCUT2D eigenvalue weighted by molar-refractivity contribution is 0.617. The third-order valence-electron chi connectivity index (χ3n) is 3.09. The van der Waals surface area contributed by atoms with Gasteiger partial charge in [-0.15, -0.1) is 0 Å². The first-order chi connectivity index (χ1) is 8.63. The van der Waals surface area contributed by atoms with E-state index in [-0.39, 0.29) is 6.04 Å². The lowest BCUT2D eigenvalue weighted by Gasteiger charge is -2.18. The summed E-state index contributed by atoms with van der Waals surface area (Å²) in [6, 6.07) is 10.1. The van der Waals surface area contributed by atoms with E-state index in [4.69, 9.17) is 5.84 Å². The van der Waals surface area contributed by atoms with E-state index in [9.17, 15) is 0 Å². The zero-order chi connectivity index (χ0) is 13.1. The summed E-state index contributed by atoms with van der Waals surface area (Å²) >= 11 is 3.51. The molecule has 0 saturated carbocycles. The first-order valence-electron chi connectivity index (χ1n) is 5.77. The van der Waals surface area contributed by atoms with Crippen LogP contribution >= 0.6 is 15.9 Å². The fourth-order valence-corrected chi connectivity index (χ4v) is 2.37. The Kier molecular flexibility index (Phi) is 4.11. The second-order valence-electron chi connectivity index (χ2n) is 4.31. The quantitative estimate of drug-likeness (QED) is 0.677. The zero-order valence-electron chi connectivity index (χ0n) is 10.4. The third-order valence-corrected chi connectivity index (χ3v) is 3.76. The van der Waals surface area contributed by atoms with Gasteiger partial charge < -0.3 is 0 Å². The van der Waals surface area contributed by atoms with Gasteiger partial charge in [0.2, 0.25) is 0 Å². The van der Waals surface area contributed by atoms with Crippen LogP contribution in [0, 0.1) is 13.8 Å². The minimum absolute atomic E-state index is 0.111. The standard InChI is InChI=1S/C14H16BrN3/c1-9-5-6-11(8-10(9)2)13(18-16)14-12(15)4-3-7-17-14/h3-8,13,18H,16H2,1-2H3. The summed E-state index contributed by atoms with van der Waals surface area (Å²) in [5, 5.41) is 0. The van der Waals surface area contributed by atoms with E-state index in [1.165, 1.54) is 11.1 Å². The monoisotopic (exact) mass is 305 g/mol. The number of aryl methyl sites for hydroxylation is 2. The van der Waals surface area contributed by atoms with Crippen LogP contribution in [0.3, 0.4) is 0 Å². The maximum Gasteiger partial charge on any atom is 0.0893 e. The van der Waals surface area contributed by atoms with E-state index in [0.29, 0.717) is 0 Å². The highest BCUT2D eigenvalue weighted by atomic mass is 79.9. The summed E-state index contributed by atoms with van der Waals surface area (Å²) < 4.78 is 0.950. The van der Waals surface area contributed by atoms with Gasteiger partial charge in [-0.05, 0) is 58.6 Å². The molecular formula is C14H16BrN3. The van der Waals surface area contributed by atoms with Crippen LogP contribution in [-0.4, -0.2) is 4.98 Å². The number of nitrogens with zero attached hydrogens (tertiary/aromatic N) is 1. The van der Waals surface area contributed by atoms with Gasteiger partial charge in [-0.2, -0.15) is 0 Å². The van der Waals surface area contributed by atoms with E-state index >= 15 is 0 Å². The van der Waals surface area contributed by atoms with Gasteiger partial charge in [0.25, 0.3) is 0 Å². The topological polar surface area (TPSA) is 50.9 Å². The highest BCUT2D eigenvalue weighted by Gasteiger charge is 2.16. The molecule has 2 rings (SSSR count). The van der Waals surface area contributed by atoms with Crippen molar-refractivity contribution in [1.82, 2.24) is 10.4 Å². The summed E-state index contributed by atoms with van der Waals surface area (Å²) in [5.74, 6) is 5.68. The molecule has 3 nitrogen and oxygen atoms in total. The van der Waals surface area contributed by atoms with Crippen molar-refractivity contribution < 1.29 is 0 Å². The second-order valence-corrected chi connectivity index (χ2v) is 5.17. The molecule has 0 saturated heterocycles. The van der Waals surface area contributed by atoms with Crippen LogP contribution in [0.1, 0.15) is 28.4 Å². The summed E-state index contributed by atoms with van der Waals surface area (Å²) in [6.07, 6.45) is 1.77. The molecule has 1 unspecified atom stereocenters. The first kappa shape index (κ1) is 13.2. The smallest absolute Gasteiger partial charge is 0.0893 e. The molecule has 0 aliphatic rings. The Balaban J connectivity index is 2.45. The van der Waals surface area contributed by atoms with E-state index in [1.807, 2.05) is 12.1 Å². The molecule has 1 aromatic heterocycles. The molecule has 1 aromatic carbocycles. The Bertz CT molecular complexity index is 554. The number of halogens is 1. The number of hydrogen-bond acceptors (Lipinski definition) is 3. The van der Waals surface area contributed by atoms with Crippen molar-refractivity contribution in [2.24, 2.45) is 5.84 Å². The van der Waals surface area contributed by atoms with Crippen LogP contribution in [0.5, 0.6) is 0 Å². The van der Waals surface area contributed by atoms with E-state index in [1.54, 1.807) is 6.20 Å². The number of benzene rings is 1. The number of nitrogens with one attached hydrogen (secondary N) is 1. The molecule has 1 atom stereocenters. The number of pyridine rings is 1. The third kappa shape index (κ3) is 2.61. The fraction of sp³-hybridized carbons (Fsp3) is 0.214. The number of hydrogen-bond donors (Lipinski definition) is 2. The number of hydrazine groups is 1. The van der Waals surface area contributed by atoms with Crippen LogP contribution in [0.4, 0.5) is 0 Å². The number of rotatable bonds is 3. The summed E-state index contributed by atoms with van der Waals surface area (Å²) in [6.45, 7) is 4.19. The van der Waals surface area contributed by atoms with Crippen molar-refractivity contribution in [3.63, 3.8) is 0 Å². The maximum absolute atomic E-state index is 5.68. The van der Waals surface area contributed by atoms with Gasteiger partial charge >= 0.3 is 0 Å². The lowest BCUT2D eigenvalue weighted by atomic mass is 9.99. The summed E-state index contributed by atoms with van der Waals surface area (Å²) in [7, 11) is 0. The van der Waals surface area contributed by atoms with Crippen molar-refractivity contribution >= 4 is 15.9 Å². The normalized spacial score (nSPS) is 12.4. The van der Waals surface area contributed by atoms with Crippen LogP contribution in [-0.2, 0) is 0 Å². The molecular weight excluding hydrogens is 290 g/mol. The van der Waals surface area contributed by atoms with Crippen molar-refractivity contribution in [1.29, 1.82) is 0 Å². The van der Waals surface area contributed by atoms with Gasteiger partial charge in [0.05, 0.1) is 11.7 Å². The minimum atomic E-state index is -0.111. The van der Waals surface area contributed by atoms with E-state index in [2.05, 4.69) is 58.4 Å². The molecule has 0 fully saturated rings. The molecule has 0 spiro atoms. The lowest BCUT2D eigenvalue weighted by Crippen LogP contribution is -2.29. The molecule has 0 aliphatic heterocycles. The predicted octanol–water partition coefficient (Wildman–Crippen LogP) is 3.01. The number of aromatic nitrogens is 1. The highest BCUT2D eigenvalue weighted by Crippen LogP contribution is 2.27. The molecule has 3 N–H and O–H groups in total. The SMILES string of the molecule is Cc1ccc(C(NN)c2ncccc2Br)cc1C. The Morgan fingerprint density at radius 1 is 1.22 bits per heavy atom. The minimum Gasteiger partial charge on any atom is -0.271 e. The molecule has 0 radical (unpaired) electrons. The fourth-order valence-electron chi connectivity index (χ4n) is 1.89. The van der Waals surface area contributed by atoms with Crippen LogP contribution in [0.15, 0.2) is 41.0 Å². The maximum atomic E-state index is 5.68. The Morgan fingerprint density at radius 3 is 2.61 bits per heavy atom. The van der Waals surface area contributed by atoms with Gasteiger partial charge in [0.1, 0.15) is 0 Å². The van der Waals surface area contributed by atoms with Crippen molar-refractivity contribution in [2.45, 2.75) is 19.9 Å². The molecule has 94 valence electrons. The van der Waals surface area contributed by atoms with Crippen LogP contribution in [0.2, 0.25) is 0 Å². The zero-order valence-corrected chi connectivity index (χ0v) is 12.0. The van der Waals surface area contributed by atoms with Gasteiger partial charge in [-0.25, -0.2) is 5.43 Å². The predicted molar refractivity (Wildman–Crippen MR) is 77.0 cm³/mol. The van der Waals surface area contributed by atoms with Crippen molar-refractivity contribution in [3.8, 4) is 0 Å². The Hall–Kier alpha value is -1.23. The first-order valence-corrected chi connectivity index (χ1v) is 6.56. The molecule has 0 bridgehead atoms.